The Hall–Kier alpha value is -0.870. The van der Waals surface area contributed by atoms with Crippen molar-refractivity contribution in [3.63, 3.8) is 0 Å². The van der Waals surface area contributed by atoms with Crippen molar-refractivity contribution in [3.05, 3.63) is 34.9 Å². The molecule has 0 bridgehead atoms. The molecule has 0 aliphatic rings. The lowest BCUT2D eigenvalue weighted by molar-refractivity contribution is 0.597. The zero-order chi connectivity index (χ0) is 10.8. The zero-order valence-electron chi connectivity index (χ0n) is 8.45. The van der Waals surface area contributed by atoms with Crippen LogP contribution in [-0.2, 0) is 16.4 Å². The maximum Gasteiger partial charge on any atom is 0.209 e. The molecule has 0 aliphatic carbocycles. The molecular formula is C10H15NO2S. The number of hydrogen-bond acceptors (Lipinski definition) is 2. The largest absolute Gasteiger partial charge is 0.229 e. The Labute approximate surface area is 85.0 Å². The van der Waals surface area contributed by atoms with Gasteiger partial charge in [0.05, 0.1) is 5.75 Å². The van der Waals surface area contributed by atoms with Crippen LogP contribution >= 0.6 is 0 Å². The number of benzene rings is 1. The quantitative estimate of drug-likeness (QED) is 0.818. The van der Waals surface area contributed by atoms with Crippen LogP contribution < -0.4 is 5.14 Å². The monoisotopic (exact) mass is 213 g/mol. The highest BCUT2D eigenvalue weighted by Gasteiger charge is 2.05. The van der Waals surface area contributed by atoms with Gasteiger partial charge in [-0.2, -0.15) is 0 Å². The van der Waals surface area contributed by atoms with Gasteiger partial charge in [0.15, 0.2) is 0 Å². The molecule has 0 amide bonds. The number of hydrogen-bond donors (Lipinski definition) is 1. The second-order valence-electron chi connectivity index (χ2n) is 3.55. The van der Waals surface area contributed by atoms with Crippen molar-refractivity contribution in [1.82, 2.24) is 0 Å². The number of sulfonamides is 1. The van der Waals surface area contributed by atoms with Crippen LogP contribution in [0.3, 0.4) is 0 Å². The smallest absolute Gasteiger partial charge is 0.209 e. The molecule has 1 rings (SSSR count). The van der Waals surface area contributed by atoms with Gasteiger partial charge in [-0.1, -0.05) is 23.8 Å². The molecule has 0 atom stereocenters. The molecule has 0 saturated heterocycles. The average molecular weight is 213 g/mol. The predicted octanol–water partition coefficient (Wildman–Crippen LogP) is 1.13. The van der Waals surface area contributed by atoms with Crippen molar-refractivity contribution in [3.8, 4) is 0 Å². The summed E-state index contributed by atoms with van der Waals surface area (Å²) in [6.07, 6.45) is 0.492. The first kappa shape index (κ1) is 11.2. The molecule has 0 radical (unpaired) electrons. The van der Waals surface area contributed by atoms with Gasteiger partial charge in [-0.05, 0) is 31.4 Å². The second-order valence-corrected chi connectivity index (χ2v) is 5.28. The van der Waals surface area contributed by atoms with Crippen molar-refractivity contribution >= 4 is 10.0 Å². The van der Waals surface area contributed by atoms with E-state index in [1.165, 1.54) is 0 Å². The fourth-order valence-corrected chi connectivity index (χ4v) is 1.83. The Morgan fingerprint density at radius 2 is 1.93 bits per heavy atom. The first-order valence-corrected chi connectivity index (χ1v) is 6.16. The Kier molecular flexibility index (Phi) is 3.29. The molecule has 3 nitrogen and oxygen atoms in total. The molecule has 0 aliphatic heterocycles. The number of nitrogens with two attached hydrogens (primary N) is 1. The van der Waals surface area contributed by atoms with Gasteiger partial charge in [-0.25, -0.2) is 13.6 Å². The number of rotatable bonds is 3. The van der Waals surface area contributed by atoms with Crippen LogP contribution in [0.25, 0.3) is 0 Å². The summed E-state index contributed by atoms with van der Waals surface area (Å²) >= 11 is 0. The molecule has 0 spiro atoms. The minimum Gasteiger partial charge on any atom is -0.229 e. The van der Waals surface area contributed by atoms with Crippen molar-refractivity contribution in [1.29, 1.82) is 0 Å². The standard InChI is InChI=1S/C10H15NO2S/c1-8-3-4-9(2)10(7-8)5-6-14(11,12)13/h3-4,7H,5-6H2,1-2H3,(H2,11,12,13). The molecule has 1 aromatic carbocycles. The van der Waals surface area contributed by atoms with E-state index in [1.54, 1.807) is 0 Å². The van der Waals surface area contributed by atoms with Crippen LogP contribution in [0.2, 0.25) is 0 Å². The topological polar surface area (TPSA) is 60.2 Å². The second kappa shape index (κ2) is 4.11. The Bertz CT molecular complexity index is 424. The van der Waals surface area contributed by atoms with Gasteiger partial charge in [0.2, 0.25) is 10.0 Å². The van der Waals surface area contributed by atoms with E-state index in [1.807, 2.05) is 32.0 Å². The van der Waals surface area contributed by atoms with Gasteiger partial charge in [0.1, 0.15) is 0 Å². The summed E-state index contributed by atoms with van der Waals surface area (Å²) in [5.74, 6) is 0.0112. The molecule has 0 unspecified atom stereocenters. The fraction of sp³-hybridized carbons (Fsp3) is 0.400. The van der Waals surface area contributed by atoms with Crippen molar-refractivity contribution in [2.45, 2.75) is 20.3 Å². The lowest BCUT2D eigenvalue weighted by Gasteiger charge is -2.05. The molecule has 0 aromatic heterocycles. The molecule has 0 fully saturated rings. The minimum absolute atomic E-state index is 0.0112. The van der Waals surface area contributed by atoms with Gasteiger partial charge in [0, 0.05) is 0 Å². The van der Waals surface area contributed by atoms with Crippen LogP contribution in [0, 0.1) is 13.8 Å². The zero-order valence-corrected chi connectivity index (χ0v) is 9.26. The van der Waals surface area contributed by atoms with E-state index >= 15 is 0 Å². The van der Waals surface area contributed by atoms with E-state index in [9.17, 15) is 8.42 Å². The number of aryl methyl sites for hydroxylation is 3. The van der Waals surface area contributed by atoms with Gasteiger partial charge in [-0.3, -0.25) is 0 Å². The van der Waals surface area contributed by atoms with Crippen LogP contribution in [0.4, 0.5) is 0 Å². The molecule has 0 heterocycles. The van der Waals surface area contributed by atoms with Crippen molar-refractivity contribution < 1.29 is 8.42 Å². The maximum absolute atomic E-state index is 10.8. The van der Waals surface area contributed by atoms with Gasteiger partial charge >= 0.3 is 0 Å². The molecule has 78 valence electrons. The van der Waals surface area contributed by atoms with Gasteiger partial charge in [-0.15, -0.1) is 0 Å². The van der Waals surface area contributed by atoms with Crippen LogP contribution in [0.15, 0.2) is 18.2 Å². The fourth-order valence-electron chi connectivity index (χ4n) is 1.32. The SMILES string of the molecule is Cc1ccc(C)c(CCS(N)(=O)=O)c1. The predicted molar refractivity (Wildman–Crippen MR) is 57.6 cm³/mol. The summed E-state index contributed by atoms with van der Waals surface area (Å²) in [7, 11) is -3.35. The molecular weight excluding hydrogens is 198 g/mol. The van der Waals surface area contributed by atoms with E-state index in [4.69, 9.17) is 5.14 Å². The first-order chi connectivity index (χ1) is 6.38. The van der Waals surface area contributed by atoms with E-state index in [0.29, 0.717) is 6.42 Å². The van der Waals surface area contributed by atoms with Crippen molar-refractivity contribution in [2.24, 2.45) is 5.14 Å². The van der Waals surface area contributed by atoms with Crippen LogP contribution in [-0.4, -0.2) is 14.2 Å². The molecule has 1 aromatic rings. The highest BCUT2D eigenvalue weighted by atomic mass is 32.2. The van der Waals surface area contributed by atoms with Crippen LogP contribution in [0.1, 0.15) is 16.7 Å². The first-order valence-electron chi connectivity index (χ1n) is 4.45. The summed E-state index contributed by atoms with van der Waals surface area (Å²) in [6.45, 7) is 3.96. The molecule has 0 saturated carbocycles. The third-order valence-electron chi connectivity index (χ3n) is 2.16. The van der Waals surface area contributed by atoms with Gasteiger partial charge in [0.25, 0.3) is 0 Å². The Morgan fingerprint density at radius 3 is 2.50 bits per heavy atom. The van der Waals surface area contributed by atoms with E-state index in [2.05, 4.69) is 0 Å². The third-order valence-corrected chi connectivity index (χ3v) is 2.93. The summed E-state index contributed by atoms with van der Waals surface area (Å²) in [4.78, 5) is 0. The molecule has 4 heteroatoms. The molecule has 2 N–H and O–H groups in total. The van der Waals surface area contributed by atoms with E-state index < -0.39 is 10.0 Å². The average Bonchev–Trinajstić information content (AvgIpc) is 2.05. The summed E-state index contributed by atoms with van der Waals surface area (Å²) < 4.78 is 21.6. The third kappa shape index (κ3) is 3.47. The van der Waals surface area contributed by atoms with E-state index in [-0.39, 0.29) is 5.75 Å². The maximum atomic E-state index is 10.8. The number of primary sulfonamides is 1. The Balaban J connectivity index is 2.81. The summed E-state index contributed by atoms with van der Waals surface area (Å²) in [5, 5.41) is 4.94. The van der Waals surface area contributed by atoms with Crippen LogP contribution in [0.5, 0.6) is 0 Å². The lowest BCUT2D eigenvalue weighted by atomic mass is 10.0. The highest BCUT2D eigenvalue weighted by molar-refractivity contribution is 7.89. The molecule has 14 heavy (non-hydrogen) atoms. The summed E-state index contributed by atoms with van der Waals surface area (Å²) in [6, 6.07) is 6.00. The minimum atomic E-state index is -3.35. The Morgan fingerprint density at radius 1 is 1.29 bits per heavy atom. The lowest BCUT2D eigenvalue weighted by Crippen LogP contribution is -2.18. The normalized spacial score (nSPS) is 11.6. The summed E-state index contributed by atoms with van der Waals surface area (Å²) in [5.41, 5.74) is 3.30. The highest BCUT2D eigenvalue weighted by Crippen LogP contribution is 2.11. The van der Waals surface area contributed by atoms with Crippen molar-refractivity contribution in [2.75, 3.05) is 5.75 Å². The van der Waals surface area contributed by atoms with E-state index in [0.717, 1.165) is 16.7 Å². The van der Waals surface area contributed by atoms with Gasteiger partial charge < -0.3 is 0 Å².